The zero-order valence-electron chi connectivity index (χ0n) is 13.3. The van der Waals surface area contributed by atoms with Crippen LogP contribution in [0.25, 0.3) is 0 Å². The quantitative estimate of drug-likeness (QED) is 0.647. The van der Waals surface area contributed by atoms with E-state index in [0.29, 0.717) is 12.0 Å². The monoisotopic (exact) mass is 341 g/mol. The first-order valence-electron chi connectivity index (χ1n) is 7.52. The first-order valence-corrected chi connectivity index (χ1v) is 7.52. The molecule has 0 radical (unpaired) electrons. The van der Waals surface area contributed by atoms with Crippen LogP contribution in [0.4, 0.5) is 9.18 Å². The van der Waals surface area contributed by atoms with Gasteiger partial charge in [0.2, 0.25) is 0 Å². The van der Waals surface area contributed by atoms with Gasteiger partial charge in [0, 0.05) is 18.5 Å². The van der Waals surface area contributed by atoms with Crippen LogP contribution in [0.15, 0.2) is 48.5 Å². The van der Waals surface area contributed by atoms with Gasteiger partial charge in [0.25, 0.3) is 0 Å². The Morgan fingerprint density at radius 3 is 2.60 bits per heavy atom. The number of carbonyl (C=O) groups is 2. The minimum absolute atomic E-state index is 0.188. The van der Waals surface area contributed by atoms with Gasteiger partial charge in [-0.15, -0.1) is 0 Å². The van der Waals surface area contributed by atoms with Crippen molar-refractivity contribution in [3.63, 3.8) is 0 Å². The van der Waals surface area contributed by atoms with Gasteiger partial charge in [0.1, 0.15) is 12.4 Å². The van der Waals surface area contributed by atoms with Crippen molar-refractivity contribution < 1.29 is 23.8 Å². The molecule has 0 saturated carbocycles. The van der Waals surface area contributed by atoms with E-state index >= 15 is 0 Å². The zero-order valence-corrected chi connectivity index (χ0v) is 13.3. The van der Waals surface area contributed by atoms with Crippen LogP contribution in [0.2, 0.25) is 0 Å². The van der Waals surface area contributed by atoms with E-state index in [1.807, 2.05) is 30.3 Å². The Hall–Kier alpha value is -3.33. The molecule has 2 N–H and O–H groups in total. The van der Waals surface area contributed by atoms with Crippen LogP contribution in [0.1, 0.15) is 27.9 Å². The van der Waals surface area contributed by atoms with Gasteiger partial charge >= 0.3 is 12.1 Å². The van der Waals surface area contributed by atoms with E-state index in [2.05, 4.69) is 17.2 Å². The van der Waals surface area contributed by atoms with Crippen LogP contribution in [0.5, 0.6) is 0 Å². The Morgan fingerprint density at radius 1 is 1.16 bits per heavy atom. The molecule has 0 aliphatic heterocycles. The van der Waals surface area contributed by atoms with Crippen LogP contribution in [0.3, 0.4) is 0 Å². The average molecular weight is 341 g/mol. The predicted molar refractivity (Wildman–Crippen MR) is 89.5 cm³/mol. The fourth-order valence-electron chi connectivity index (χ4n) is 1.93. The molecule has 0 aliphatic rings. The minimum Gasteiger partial charge on any atom is -0.478 e. The van der Waals surface area contributed by atoms with Crippen molar-refractivity contribution in [3.05, 3.63) is 71.0 Å². The summed E-state index contributed by atoms with van der Waals surface area (Å²) in [5.74, 6) is 3.33. The molecule has 0 atom stereocenters. The van der Waals surface area contributed by atoms with Gasteiger partial charge in [0.15, 0.2) is 0 Å². The van der Waals surface area contributed by atoms with Gasteiger partial charge in [-0.05, 0) is 23.8 Å². The van der Waals surface area contributed by atoms with E-state index in [-0.39, 0.29) is 13.2 Å². The second-order valence-electron chi connectivity index (χ2n) is 5.04. The topological polar surface area (TPSA) is 75.6 Å². The summed E-state index contributed by atoms with van der Waals surface area (Å²) in [6.45, 7) is 0.476. The van der Waals surface area contributed by atoms with E-state index in [1.54, 1.807) is 0 Å². The maximum absolute atomic E-state index is 13.5. The van der Waals surface area contributed by atoms with E-state index in [0.717, 1.165) is 11.6 Å². The fraction of sp³-hybridized carbons (Fsp3) is 0.158. The molecule has 0 unspecified atom stereocenters. The van der Waals surface area contributed by atoms with Crippen LogP contribution in [-0.4, -0.2) is 23.7 Å². The Morgan fingerprint density at radius 2 is 1.92 bits per heavy atom. The summed E-state index contributed by atoms with van der Waals surface area (Å²) in [5, 5.41) is 11.3. The summed E-state index contributed by atoms with van der Waals surface area (Å²) in [5.41, 5.74) is 0.867. The van der Waals surface area contributed by atoms with Crippen LogP contribution >= 0.6 is 0 Å². The molecule has 25 heavy (non-hydrogen) atoms. The highest BCUT2D eigenvalue weighted by Crippen LogP contribution is 2.09. The second-order valence-corrected chi connectivity index (χ2v) is 5.04. The molecule has 0 heterocycles. The number of hydrogen-bond acceptors (Lipinski definition) is 3. The van der Waals surface area contributed by atoms with Crippen LogP contribution in [-0.2, 0) is 11.3 Å². The third kappa shape index (κ3) is 5.99. The number of carboxylic acid groups (broad SMARTS) is 1. The maximum atomic E-state index is 13.5. The van der Waals surface area contributed by atoms with Crippen molar-refractivity contribution in [3.8, 4) is 11.8 Å². The summed E-state index contributed by atoms with van der Waals surface area (Å²) in [6.07, 6.45) is -0.189. The highest BCUT2D eigenvalue weighted by molar-refractivity contribution is 5.88. The predicted octanol–water partition coefficient (Wildman–Crippen LogP) is 3.19. The number of rotatable bonds is 5. The average Bonchev–Trinajstić information content (AvgIpc) is 2.60. The molecule has 128 valence electrons. The standard InChI is InChI=1S/C19H16FNO4/c20-17-12-14(9-10-16(17)18(22)23)6-4-5-11-21-19(24)25-13-15-7-2-1-3-8-15/h1-3,7-10,12H,5,11,13H2,(H,21,24)(H,22,23). The number of ether oxygens (including phenoxy) is 1. The first-order chi connectivity index (χ1) is 12.1. The van der Waals surface area contributed by atoms with Gasteiger partial charge in [-0.25, -0.2) is 14.0 Å². The lowest BCUT2D eigenvalue weighted by atomic mass is 10.1. The molecular weight excluding hydrogens is 325 g/mol. The smallest absolute Gasteiger partial charge is 0.407 e. The van der Waals surface area contributed by atoms with Crippen LogP contribution in [0, 0.1) is 17.7 Å². The number of hydrogen-bond donors (Lipinski definition) is 2. The number of carbonyl (C=O) groups excluding carboxylic acids is 1. The van der Waals surface area contributed by atoms with E-state index in [1.165, 1.54) is 12.1 Å². The Balaban J connectivity index is 1.72. The molecule has 5 nitrogen and oxygen atoms in total. The normalized spacial score (nSPS) is 9.64. The number of aromatic carboxylic acids is 1. The van der Waals surface area contributed by atoms with Crippen molar-refractivity contribution in [1.29, 1.82) is 0 Å². The third-order valence-electron chi connectivity index (χ3n) is 3.16. The number of carboxylic acids is 1. The lowest BCUT2D eigenvalue weighted by Crippen LogP contribution is -2.24. The zero-order chi connectivity index (χ0) is 18.1. The van der Waals surface area contributed by atoms with Crippen molar-refractivity contribution >= 4 is 12.1 Å². The molecule has 0 spiro atoms. The number of amides is 1. The third-order valence-corrected chi connectivity index (χ3v) is 3.16. The molecule has 6 heteroatoms. The molecule has 0 saturated heterocycles. The number of benzene rings is 2. The van der Waals surface area contributed by atoms with Gasteiger partial charge in [-0.2, -0.15) is 0 Å². The summed E-state index contributed by atoms with van der Waals surface area (Å²) in [7, 11) is 0. The molecule has 0 aliphatic carbocycles. The van der Waals surface area contributed by atoms with Crippen LogP contribution < -0.4 is 5.32 Å². The Bertz CT molecular complexity index is 809. The molecule has 0 fully saturated rings. The van der Waals surface area contributed by atoms with Crippen molar-refractivity contribution in [2.45, 2.75) is 13.0 Å². The molecule has 2 rings (SSSR count). The molecule has 0 aromatic heterocycles. The molecular formula is C19H16FNO4. The number of halogens is 1. The molecule has 1 amide bonds. The number of nitrogens with one attached hydrogen (secondary N) is 1. The van der Waals surface area contributed by atoms with Gasteiger partial charge in [0.05, 0.1) is 5.56 Å². The summed E-state index contributed by atoms with van der Waals surface area (Å²) >= 11 is 0. The Labute approximate surface area is 144 Å². The largest absolute Gasteiger partial charge is 0.478 e. The van der Waals surface area contributed by atoms with E-state index in [4.69, 9.17) is 9.84 Å². The van der Waals surface area contributed by atoms with Gasteiger partial charge in [-0.1, -0.05) is 42.2 Å². The lowest BCUT2D eigenvalue weighted by Gasteiger charge is -2.05. The Kier molecular flexibility index (Phi) is 6.55. The van der Waals surface area contributed by atoms with E-state index < -0.39 is 23.4 Å². The molecule has 2 aromatic rings. The summed E-state index contributed by atoms with van der Waals surface area (Å²) in [4.78, 5) is 22.2. The van der Waals surface area contributed by atoms with E-state index in [9.17, 15) is 14.0 Å². The second kappa shape index (κ2) is 9.08. The van der Waals surface area contributed by atoms with Gasteiger partial charge < -0.3 is 15.2 Å². The first kappa shape index (κ1) is 18.0. The fourth-order valence-corrected chi connectivity index (χ4v) is 1.93. The van der Waals surface area contributed by atoms with Crippen molar-refractivity contribution in [2.75, 3.05) is 6.54 Å². The lowest BCUT2D eigenvalue weighted by molar-refractivity contribution is 0.0692. The molecule has 0 bridgehead atoms. The minimum atomic E-state index is -1.32. The van der Waals surface area contributed by atoms with Crippen molar-refractivity contribution in [2.24, 2.45) is 0 Å². The summed E-state index contributed by atoms with van der Waals surface area (Å²) in [6, 6.07) is 13.0. The maximum Gasteiger partial charge on any atom is 0.407 e. The summed E-state index contributed by atoms with van der Waals surface area (Å²) < 4.78 is 18.5. The highest BCUT2D eigenvalue weighted by atomic mass is 19.1. The highest BCUT2D eigenvalue weighted by Gasteiger charge is 2.09. The van der Waals surface area contributed by atoms with Crippen molar-refractivity contribution in [1.82, 2.24) is 5.32 Å². The number of alkyl carbamates (subject to hydrolysis) is 1. The SMILES string of the molecule is O=C(NCCC#Cc1ccc(C(=O)O)c(F)c1)OCc1ccccc1. The van der Waals surface area contributed by atoms with Gasteiger partial charge in [-0.3, -0.25) is 0 Å². The molecule has 2 aromatic carbocycles.